The number of benzene rings is 3. The molecular weight excluding hydrogens is 589 g/mol. The van der Waals surface area contributed by atoms with Crippen LogP contribution in [0.3, 0.4) is 0 Å². The predicted octanol–water partition coefficient (Wildman–Crippen LogP) is 4.90. The first-order valence-corrected chi connectivity index (χ1v) is 15.3. The average molecular weight is 621 g/mol. The molecule has 4 rings (SSSR count). The third-order valence-electron chi connectivity index (χ3n) is 6.48. The van der Waals surface area contributed by atoms with Crippen molar-refractivity contribution in [1.82, 2.24) is 10.2 Å². The van der Waals surface area contributed by atoms with Crippen LogP contribution in [0.1, 0.15) is 25.8 Å². The zero-order valence-corrected chi connectivity index (χ0v) is 25.0. The fraction of sp³-hybridized carbons (Fsp3) is 0.310. The summed E-state index contributed by atoms with van der Waals surface area (Å²) in [6, 6.07) is 16.5. The second kappa shape index (κ2) is 13.5. The molecule has 0 aliphatic carbocycles. The molecule has 0 aromatic heterocycles. The van der Waals surface area contributed by atoms with Crippen LogP contribution in [-0.4, -0.2) is 57.5 Å². The molecule has 0 bridgehead atoms. The molecule has 0 radical (unpaired) electrons. The molecule has 12 heteroatoms. The minimum absolute atomic E-state index is 0.00318. The lowest BCUT2D eigenvalue weighted by Crippen LogP contribution is -2.51. The maximum Gasteiger partial charge on any atom is 0.264 e. The number of anilines is 1. The normalized spacial score (nSPS) is 13.3. The third-order valence-corrected chi connectivity index (χ3v) is 9.00. The van der Waals surface area contributed by atoms with Gasteiger partial charge < -0.3 is 19.7 Å². The van der Waals surface area contributed by atoms with Gasteiger partial charge in [-0.15, -0.1) is 0 Å². The largest absolute Gasteiger partial charge is 0.486 e. The predicted molar refractivity (Wildman–Crippen MR) is 158 cm³/mol. The zero-order valence-electron chi connectivity index (χ0n) is 22.7. The van der Waals surface area contributed by atoms with E-state index >= 15 is 0 Å². The number of hydrogen-bond donors (Lipinski definition) is 1. The van der Waals surface area contributed by atoms with E-state index in [1.807, 2.05) is 6.92 Å². The lowest BCUT2D eigenvalue weighted by atomic mass is 10.1. The van der Waals surface area contributed by atoms with E-state index in [-0.39, 0.29) is 23.0 Å². The smallest absolute Gasteiger partial charge is 0.264 e. The Kier molecular flexibility index (Phi) is 10.0. The van der Waals surface area contributed by atoms with Crippen molar-refractivity contribution in [1.29, 1.82) is 0 Å². The number of hydrogen-bond acceptors (Lipinski definition) is 6. The minimum Gasteiger partial charge on any atom is -0.486 e. The summed E-state index contributed by atoms with van der Waals surface area (Å²) < 4.78 is 40.1. The number of carbonyl (C=O) groups excluding carboxylic acids is 2. The number of fused-ring (bicyclic) bond motifs is 1. The summed E-state index contributed by atoms with van der Waals surface area (Å²) in [5.74, 6) is -0.109. The Labute approximate surface area is 250 Å². The van der Waals surface area contributed by atoms with Gasteiger partial charge in [0, 0.05) is 19.2 Å². The molecular formula is C29H31Cl2N3O6S. The highest BCUT2D eigenvalue weighted by atomic mass is 35.5. The topological polar surface area (TPSA) is 105 Å². The van der Waals surface area contributed by atoms with Crippen molar-refractivity contribution in [2.24, 2.45) is 0 Å². The van der Waals surface area contributed by atoms with E-state index < -0.39 is 28.5 Å². The Morgan fingerprint density at radius 3 is 2.34 bits per heavy atom. The van der Waals surface area contributed by atoms with Crippen LogP contribution >= 0.6 is 23.2 Å². The second-order valence-electron chi connectivity index (χ2n) is 9.39. The van der Waals surface area contributed by atoms with Crippen LogP contribution < -0.4 is 19.1 Å². The van der Waals surface area contributed by atoms with Crippen molar-refractivity contribution in [2.75, 3.05) is 30.6 Å². The van der Waals surface area contributed by atoms with E-state index in [0.29, 0.717) is 53.3 Å². The van der Waals surface area contributed by atoms with E-state index in [2.05, 4.69) is 5.32 Å². The highest BCUT2D eigenvalue weighted by Crippen LogP contribution is 2.36. The summed E-state index contributed by atoms with van der Waals surface area (Å²) in [6.07, 6.45) is 0.715. The Balaban J connectivity index is 1.73. The standard InChI is InChI=1S/C29H31Cl2N3O6S/c1-3-13-32-29(36)20(2)33(18-21-9-11-24(30)25(31)16-21)28(35)19-34(41(37,38)23-7-5-4-6-8-23)22-10-12-26-27(17-22)40-15-14-39-26/h4-12,16-17,20H,3,13-15,18-19H2,1-2H3,(H,32,36). The van der Waals surface area contributed by atoms with Gasteiger partial charge in [0.05, 0.1) is 20.6 Å². The summed E-state index contributed by atoms with van der Waals surface area (Å²) in [5, 5.41) is 3.45. The van der Waals surface area contributed by atoms with Crippen molar-refractivity contribution in [3.05, 3.63) is 82.3 Å². The van der Waals surface area contributed by atoms with Crippen LogP contribution in [0.25, 0.3) is 0 Å². The van der Waals surface area contributed by atoms with Crippen LogP contribution in [-0.2, 0) is 26.2 Å². The number of nitrogens with zero attached hydrogens (tertiary/aromatic N) is 2. The summed E-state index contributed by atoms with van der Waals surface area (Å²) >= 11 is 12.3. The number of rotatable bonds is 11. The quantitative estimate of drug-likeness (QED) is 0.327. The second-order valence-corrected chi connectivity index (χ2v) is 12.1. The molecule has 3 aromatic rings. The molecule has 1 heterocycles. The van der Waals surface area contributed by atoms with Crippen LogP contribution in [0.2, 0.25) is 10.0 Å². The van der Waals surface area contributed by atoms with Gasteiger partial charge in [0.1, 0.15) is 25.8 Å². The van der Waals surface area contributed by atoms with Crippen LogP contribution in [0, 0.1) is 0 Å². The van der Waals surface area contributed by atoms with Crippen molar-refractivity contribution in [3.63, 3.8) is 0 Å². The van der Waals surface area contributed by atoms with E-state index in [9.17, 15) is 18.0 Å². The molecule has 1 atom stereocenters. The van der Waals surface area contributed by atoms with Crippen molar-refractivity contribution >= 4 is 50.7 Å². The van der Waals surface area contributed by atoms with Gasteiger partial charge in [-0.2, -0.15) is 0 Å². The van der Waals surface area contributed by atoms with Gasteiger partial charge in [-0.1, -0.05) is 54.4 Å². The van der Waals surface area contributed by atoms with E-state index in [0.717, 1.165) is 4.31 Å². The van der Waals surface area contributed by atoms with Crippen molar-refractivity contribution in [2.45, 2.75) is 37.8 Å². The van der Waals surface area contributed by atoms with Gasteiger partial charge in [0.15, 0.2) is 11.5 Å². The Hall–Kier alpha value is -3.47. The maximum absolute atomic E-state index is 14.0. The fourth-order valence-corrected chi connectivity index (χ4v) is 6.00. The summed E-state index contributed by atoms with van der Waals surface area (Å²) in [4.78, 5) is 28.3. The summed E-state index contributed by atoms with van der Waals surface area (Å²) in [7, 11) is -4.20. The average Bonchev–Trinajstić information content (AvgIpc) is 2.98. The van der Waals surface area contributed by atoms with Gasteiger partial charge in [-0.3, -0.25) is 13.9 Å². The number of amides is 2. The molecule has 41 heavy (non-hydrogen) atoms. The molecule has 0 saturated heterocycles. The molecule has 2 amide bonds. The highest BCUT2D eigenvalue weighted by molar-refractivity contribution is 7.92. The van der Waals surface area contributed by atoms with Gasteiger partial charge in [0.25, 0.3) is 10.0 Å². The molecule has 0 saturated carbocycles. The molecule has 1 aliphatic rings. The first-order chi connectivity index (χ1) is 19.6. The van der Waals surface area contributed by atoms with E-state index in [1.54, 1.807) is 55.5 Å². The number of ether oxygens (including phenoxy) is 2. The van der Waals surface area contributed by atoms with Gasteiger partial charge in [-0.25, -0.2) is 8.42 Å². The van der Waals surface area contributed by atoms with Crippen LogP contribution in [0.4, 0.5) is 5.69 Å². The summed E-state index contributed by atoms with van der Waals surface area (Å²) in [5.41, 5.74) is 0.837. The van der Waals surface area contributed by atoms with E-state index in [1.165, 1.54) is 23.1 Å². The first-order valence-electron chi connectivity index (χ1n) is 13.1. The number of nitrogens with one attached hydrogen (secondary N) is 1. The first kappa shape index (κ1) is 30.5. The number of carbonyl (C=O) groups is 2. The zero-order chi connectivity index (χ0) is 29.6. The maximum atomic E-state index is 14.0. The molecule has 3 aromatic carbocycles. The van der Waals surface area contributed by atoms with Gasteiger partial charge in [-0.05, 0) is 55.3 Å². The Morgan fingerprint density at radius 1 is 0.951 bits per heavy atom. The fourth-order valence-electron chi connectivity index (χ4n) is 4.25. The third kappa shape index (κ3) is 7.25. The molecule has 0 fully saturated rings. The number of sulfonamides is 1. The lowest BCUT2D eigenvalue weighted by molar-refractivity contribution is -0.139. The van der Waals surface area contributed by atoms with Gasteiger partial charge >= 0.3 is 0 Å². The minimum atomic E-state index is -4.20. The SMILES string of the molecule is CCCNC(=O)C(C)N(Cc1ccc(Cl)c(Cl)c1)C(=O)CN(c1ccc2c(c1)OCCO2)S(=O)(=O)c1ccccc1. The molecule has 1 N–H and O–H groups in total. The van der Waals surface area contributed by atoms with Crippen molar-refractivity contribution < 1.29 is 27.5 Å². The van der Waals surface area contributed by atoms with Crippen LogP contribution in [0.15, 0.2) is 71.6 Å². The van der Waals surface area contributed by atoms with Gasteiger partial charge in [0.2, 0.25) is 11.8 Å². The molecule has 1 aliphatic heterocycles. The molecule has 9 nitrogen and oxygen atoms in total. The highest BCUT2D eigenvalue weighted by Gasteiger charge is 2.33. The lowest BCUT2D eigenvalue weighted by Gasteiger charge is -2.32. The van der Waals surface area contributed by atoms with Crippen LogP contribution in [0.5, 0.6) is 11.5 Å². The molecule has 0 spiro atoms. The van der Waals surface area contributed by atoms with Crippen molar-refractivity contribution in [3.8, 4) is 11.5 Å². The number of halogens is 2. The monoisotopic (exact) mass is 619 g/mol. The summed E-state index contributed by atoms with van der Waals surface area (Å²) in [6.45, 7) is 4.05. The Morgan fingerprint density at radius 2 is 1.66 bits per heavy atom. The Bertz CT molecular complexity index is 1500. The molecule has 218 valence electrons. The van der Waals surface area contributed by atoms with E-state index in [4.69, 9.17) is 32.7 Å². The molecule has 1 unspecified atom stereocenters.